The molecule has 1 fully saturated rings. The number of aliphatic imine (C=N–C) groups is 1. The normalized spacial score (nSPS) is 17.5. The van der Waals surface area contributed by atoms with E-state index in [1.807, 2.05) is 0 Å². The second kappa shape index (κ2) is 11.5. The van der Waals surface area contributed by atoms with Crippen LogP contribution in [0, 0.1) is 5.41 Å². The zero-order chi connectivity index (χ0) is 19.1. The van der Waals surface area contributed by atoms with Gasteiger partial charge in [-0.25, -0.2) is 8.42 Å². The van der Waals surface area contributed by atoms with Crippen molar-refractivity contribution in [1.29, 1.82) is 0 Å². The van der Waals surface area contributed by atoms with E-state index >= 15 is 0 Å². The smallest absolute Gasteiger partial charge is 0.191 e. The number of likely N-dealkylation sites (tertiary alicyclic amines) is 1. The van der Waals surface area contributed by atoms with Crippen molar-refractivity contribution in [3.8, 4) is 0 Å². The molecule has 1 rings (SSSR count). The fourth-order valence-electron chi connectivity index (χ4n) is 2.88. The zero-order valence-electron chi connectivity index (χ0n) is 17.0. The average molecular weight is 500 g/mol. The van der Waals surface area contributed by atoms with Crippen LogP contribution >= 0.6 is 24.0 Å². The summed E-state index contributed by atoms with van der Waals surface area (Å²) in [6.45, 7) is 14.0. The third-order valence-electron chi connectivity index (χ3n) is 4.53. The molecule has 26 heavy (non-hydrogen) atoms. The van der Waals surface area contributed by atoms with Crippen LogP contribution in [-0.4, -0.2) is 70.6 Å². The highest BCUT2D eigenvalue weighted by Gasteiger charge is 2.23. The van der Waals surface area contributed by atoms with Crippen molar-refractivity contribution in [1.82, 2.24) is 15.5 Å². The topological polar surface area (TPSA) is 73.8 Å². The van der Waals surface area contributed by atoms with Crippen molar-refractivity contribution in [3.05, 3.63) is 12.2 Å². The highest BCUT2D eigenvalue weighted by Crippen LogP contribution is 2.20. The molecule has 1 aliphatic heterocycles. The van der Waals surface area contributed by atoms with E-state index in [9.17, 15) is 8.42 Å². The number of hydrogen-bond donors (Lipinski definition) is 2. The Labute approximate surface area is 177 Å². The summed E-state index contributed by atoms with van der Waals surface area (Å²) in [7, 11) is -1.15. The quantitative estimate of drug-likeness (QED) is 0.232. The van der Waals surface area contributed by atoms with Gasteiger partial charge in [-0.15, -0.1) is 24.0 Å². The van der Waals surface area contributed by atoms with E-state index in [0.29, 0.717) is 19.0 Å². The maximum Gasteiger partial charge on any atom is 0.191 e. The van der Waals surface area contributed by atoms with Crippen LogP contribution in [0.2, 0.25) is 0 Å². The van der Waals surface area contributed by atoms with Gasteiger partial charge in [-0.05, 0) is 31.6 Å². The minimum atomic E-state index is -2.92. The van der Waals surface area contributed by atoms with Gasteiger partial charge in [-0.1, -0.05) is 26.0 Å². The third-order valence-corrected chi connectivity index (χ3v) is 5.48. The van der Waals surface area contributed by atoms with Crippen LogP contribution in [0.4, 0.5) is 0 Å². The van der Waals surface area contributed by atoms with E-state index in [2.05, 4.69) is 47.9 Å². The van der Waals surface area contributed by atoms with Gasteiger partial charge in [0, 0.05) is 45.5 Å². The number of rotatable bonds is 8. The van der Waals surface area contributed by atoms with Crippen molar-refractivity contribution in [2.24, 2.45) is 10.4 Å². The highest BCUT2D eigenvalue weighted by molar-refractivity contribution is 14.0. The number of nitrogens with one attached hydrogen (secondary N) is 2. The van der Waals surface area contributed by atoms with Crippen LogP contribution in [0.1, 0.15) is 40.0 Å². The molecule has 2 N–H and O–H groups in total. The number of guanidine groups is 1. The Morgan fingerprint density at radius 3 is 2.35 bits per heavy atom. The first-order valence-electron chi connectivity index (χ1n) is 9.02. The Balaban J connectivity index is 0.00000625. The Kier molecular flexibility index (Phi) is 11.3. The molecular weight excluding hydrogens is 463 g/mol. The summed E-state index contributed by atoms with van der Waals surface area (Å²) in [5.41, 5.74) is 1.10. The standard InChI is InChI=1S/C18H36N4O2S.HI/c1-15(2)13-22-10-7-16(8-11-22)21-17(19-5)20-14-18(3,4)9-12-25(6,23)24;/h16H,1,7-14H2,2-6H3,(H2,19,20,21);1H. The van der Waals surface area contributed by atoms with Crippen molar-refractivity contribution >= 4 is 39.8 Å². The summed E-state index contributed by atoms with van der Waals surface area (Å²) in [4.78, 5) is 6.75. The van der Waals surface area contributed by atoms with Crippen molar-refractivity contribution in [2.75, 3.05) is 45.2 Å². The van der Waals surface area contributed by atoms with Crippen molar-refractivity contribution < 1.29 is 8.42 Å². The maximum atomic E-state index is 11.4. The van der Waals surface area contributed by atoms with Gasteiger partial charge in [0.1, 0.15) is 9.84 Å². The largest absolute Gasteiger partial charge is 0.356 e. The Hall–Kier alpha value is -0.350. The molecule has 1 saturated heterocycles. The lowest BCUT2D eigenvalue weighted by Crippen LogP contribution is -2.50. The minimum absolute atomic E-state index is 0. The van der Waals surface area contributed by atoms with Crippen LogP contribution in [0.15, 0.2) is 17.1 Å². The molecule has 1 aliphatic rings. The van der Waals surface area contributed by atoms with Gasteiger partial charge in [0.15, 0.2) is 5.96 Å². The van der Waals surface area contributed by atoms with Crippen LogP contribution in [0.5, 0.6) is 0 Å². The molecule has 1 heterocycles. The zero-order valence-corrected chi connectivity index (χ0v) is 20.1. The van der Waals surface area contributed by atoms with Gasteiger partial charge in [-0.3, -0.25) is 9.89 Å². The summed E-state index contributed by atoms with van der Waals surface area (Å²) in [5, 5.41) is 6.85. The second-order valence-electron chi connectivity index (χ2n) is 8.12. The SMILES string of the molecule is C=C(C)CN1CCC(NC(=NC)NCC(C)(C)CCS(C)(=O)=O)CC1.I. The van der Waals surface area contributed by atoms with Gasteiger partial charge < -0.3 is 10.6 Å². The first-order chi connectivity index (χ1) is 11.5. The van der Waals surface area contributed by atoms with E-state index in [-0.39, 0.29) is 35.1 Å². The fraction of sp³-hybridized carbons (Fsp3) is 0.833. The molecule has 0 atom stereocenters. The molecule has 8 heteroatoms. The first kappa shape index (κ1) is 25.6. The summed E-state index contributed by atoms with van der Waals surface area (Å²) in [6, 6.07) is 0.423. The van der Waals surface area contributed by atoms with Gasteiger partial charge in [0.25, 0.3) is 0 Å². The molecule has 0 unspecified atom stereocenters. The van der Waals surface area contributed by atoms with Gasteiger partial charge in [0.2, 0.25) is 0 Å². The number of hydrogen-bond acceptors (Lipinski definition) is 4. The molecule has 0 aromatic heterocycles. The fourth-order valence-corrected chi connectivity index (χ4v) is 3.80. The second-order valence-corrected chi connectivity index (χ2v) is 10.4. The lowest BCUT2D eigenvalue weighted by Gasteiger charge is -2.33. The maximum absolute atomic E-state index is 11.4. The summed E-state index contributed by atoms with van der Waals surface area (Å²) in [5.74, 6) is 1.01. The van der Waals surface area contributed by atoms with Gasteiger partial charge >= 0.3 is 0 Å². The molecule has 0 aromatic rings. The highest BCUT2D eigenvalue weighted by atomic mass is 127. The average Bonchev–Trinajstić information content (AvgIpc) is 2.50. The molecule has 0 saturated carbocycles. The van der Waals surface area contributed by atoms with E-state index in [1.165, 1.54) is 11.8 Å². The molecule has 0 amide bonds. The molecule has 0 spiro atoms. The van der Waals surface area contributed by atoms with E-state index < -0.39 is 9.84 Å². The van der Waals surface area contributed by atoms with Crippen LogP contribution < -0.4 is 10.6 Å². The Bertz CT molecular complexity index is 568. The Morgan fingerprint density at radius 2 is 1.88 bits per heavy atom. The molecular formula is C18H37IN4O2S. The predicted molar refractivity (Wildman–Crippen MR) is 122 cm³/mol. The summed E-state index contributed by atoms with van der Waals surface area (Å²) >= 11 is 0. The van der Waals surface area contributed by atoms with Crippen LogP contribution in [0.3, 0.4) is 0 Å². The van der Waals surface area contributed by atoms with Crippen molar-refractivity contribution in [2.45, 2.75) is 46.1 Å². The molecule has 0 aliphatic carbocycles. The minimum Gasteiger partial charge on any atom is -0.356 e. The summed E-state index contributed by atoms with van der Waals surface area (Å²) in [6.07, 6.45) is 4.10. The molecule has 0 aromatic carbocycles. The monoisotopic (exact) mass is 500 g/mol. The lowest BCUT2D eigenvalue weighted by molar-refractivity contribution is 0.220. The number of halogens is 1. The molecule has 6 nitrogen and oxygen atoms in total. The van der Waals surface area contributed by atoms with E-state index in [0.717, 1.165) is 38.4 Å². The first-order valence-corrected chi connectivity index (χ1v) is 11.1. The van der Waals surface area contributed by atoms with E-state index in [4.69, 9.17) is 0 Å². The lowest BCUT2D eigenvalue weighted by atomic mass is 9.90. The van der Waals surface area contributed by atoms with Crippen LogP contribution in [-0.2, 0) is 9.84 Å². The molecule has 0 radical (unpaired) electrons. The number of piperidine rings is 1. The molecule has 154 valence electrons. The molecule has 0 bridgehead atoms. The number of sulfone groups is 1. The predicted octanol–water partition coefficient (Wildman–Crippen LogP) is 2.27. The van der Waals surface area contributed by atoms with Crippen LogP contribution in [0.25, 0.3) is 0 Å². The van der Waals surface area contributed by atoms with Crippen molar-refractivity contribution in [3.63, 3.8) is 0 Å². The Morgan fingerprint density at radius 1 is 1.31 bits per heavy atom. The third kappa shape index (κ3) is 11.4. The number of nitrogens with zero attached hydrogens (tertiary/aromatic N) is 2. The van der Waals surface area contributed by atoms with Gasteiger partial charge in [-0.2, -0.15) is 0 Å². The van der Waals surface area contributed by atoms with Gasteiger partial charge in [0.05, 0.1) is 5.75 Å². The van der Waals surface area contributed by atoms with E-state index in [1.54, 1.807) is 7.05 Å². The summed E-state index contributed by atoms with van der Waals surface area (Å²) < 4.78 is 22.7.